The minimum Gasteiger partial charge on any atom is -0.459 e. The Morgan fingerprint density at radius 2 is 1.69 bits per heavy atom. The lowest BCUT2D eigenvalue weighted by molar-refractivity contribution is -0.162. The minimum absolute atomic E-state index is 0.0689. The maximum absolute atomic E-state index is 11.2. The summed E-state index contributed by atoms with van der Waals surface area (Å²) in [4.78, 5) is 11.2. The Balaban J connectivity index is 0.00000106. The Hall–Kier alpha value is -0.530. The minimum atomic E-state index is -0.256. The molecule has 0 bridgehead atoms. The van der Waals surface area contributed by atoms with Gasteiger partial charge in [-0.05, 0) is 32.6 Å². The molecule has 1 saturated carbocycles. The van der Waals surface area contributed by atoms with Crippen molar-refractivity contribution < 1.29 is 9.53 Å². The van der Waals surface area contributed by atoms with Gasteiger partial charge in [0.25, 0.3) is 0 Å². The van der Waals surface area contributed by atoms with Crippen LogP contribution in [-0.4, -0.2) is 11.6 Å². The van der Waals surface area contributed by atoms with E-state index in [4.69, 9.17) is 4.74 Å². The number of hydrogen-bond acceptors (Lipinski definition) is 2. The average molecular weight is 228 g/mol. The second-order valence-corrected chi connectivity index (χ2v) is 4.77. The zero-order valence-corrected chi connectivity index (χ0v) is 11.6. The molecule has 0 aromatic carbocycles. The van der Waals surface area contributed by atoms with E-state index in [9.17, 15) is 4.79 Å². The van der Waals surface area contributed by atoms with Gasteiger partial charge in [-0.3, -0.25) is 4.79 Å². The maximum atomic E-state index is 11.2. The van der Waals surface area contributed by atoms with Gasteiger partial charge in [0.05, 0.1) is 0 Å². The molecule has 0 spiro atoms. The van der Waals surface area contributed by atoms with E-state index >= 15 is 0 Å². The van der Waals surface area contributed by atoms with E-state index < -0.39 is 0 Å². The first-order valence-electron chi connectivity index (χ1n) is 6.78. The largest absolute Gasteiger partial charge is 0.459 e. The maximum Gasteiger partial charge on any atom is 0.306 e. The number of carbonyl (C=O) groups is 1. The summed E-state index contributed by atoms with van der Waals surface area (Å²) in [5, 5.41) is 0. The van der Waals surface area contributed by atoms with Gasteiger partial charge in [-0.2, -0.15) is 0 Å². The predicted molar refractivity (Wildman–Crippen MR) is 68.4 cm³/mol. The molecule has 0 unspecified atom stereocenters. The van der Waals surface area contributed by atoms with Crippen LogP contribution in [0.3, 0.4) is 0 Å². The van der Waals surface area contributed by atoms with Crippen molar-refractivity contribution >= 4 is 5.97 Å². The van der Waals surface area contributed by atoms with E-state index in [2.05, 4.69) is 13.8 Å². The summed E-state index contributed by atoms with van der Waals surface area (Å²) < 4.78 is 5.49. The summed E-state index contributed by atoms with van der Waals surface area (Å²) in [6.45, 7) is 9.95. The van der Waals surface area contributed by atoms with Crippen LogP contribution in [0.4, 0.5) is 0 Å². The van der Waals surface area contributed by atoms with Crippen molar-refractivity contribution in [1.29, 1.82) is 0 Å². The van der Waals surface area contributed by atoms with Gasteiger partial charge >= 0.3 is 5.97 Å². The molecule has 0 aromatic heterocycles. The van der Waals surface area contributed by atoms with Crippen LogP contribution < -0.4 is 0 Å². The smallest absolute Gasteiger partial charge is 0.306 e. The Bertz CT molecular complexity index is 191. The fourth-order valence-electron chi connectivity index (χ4n) is 2.25. The van der Waals surface area contributed by atoms with Crippen molar-refractivity contribution in [3.05, 3.63) is 0 Å². The number of rotatable bonds is 3. The van der Waals surface area contributed by atoms with Gasteiger partial charge < -0.3 is 4.74 Å². The molecule has 0 aromatic rings. The highest BCUT2D eigenvalue weighted by atomic mass is 16.6. The third-order valence-corrected chi connectivity index (χ3v) is 3.25. The van der Waals surface area contributed by atoms with Crippen LogP contribution in [0.15, 0.2) is 0 Å². The van der Waals surface area contributed by atoms with E-state index in [1.165, 1.54) is 32.1 Å². The first-order valence-corrected chi connectivity index (χ1v) is 6.78. The molecule has 1 rings (SSSR count). The van der Waals surface area contributed by atoms with Gasteiger partial charge in [0.1, 0.15) is 5.60 Å². The van der Waals surface area contributed by atoms with E-state index in [-0.39, 0.29) is 11.6 Å². The highest BCUT2D eigenvalue weighted by Gasteiger charge is 2.33. The van der Waals surface area contributed by atoms with E-state index in [1.54, 1.807) is 0 Å². The molecule has 0 radical (unpaired) electrons. The van der Waals surface area contributed by atoms with E-state index in [0.717, 1.165) is 0 Å². The van der Waals surface area contributed by atoms with Gasteiger partial charge in [0, 0.05) is 6.42 Å². The van der Waals surface area contributed by atoms with Gasteiger partial charge in [-0.25, -0.2) is 0 Å². The molecule has 1 aliphatic carbocycles. The lowest BCUT2D eigenvalue weighted by Crippen LogP contribution is -2.37. The van der Waals surface area contributed by atoms with Crippen LogP contribution in [0.2, 0.25) is 0 Å². The highest BCUT2D eigenvalue weighted by Crippen LogP contribution is 2.34. The van der Waals surface area contributed by atoms with Crippen LogP contribution in [0.25, 0.3) is 0 Å². The molecule has 2 heteroatoms. The van der Waals surface area contributed by atoms with Crippen LogP contribution in [0.1, 0.15) is 73.1 Å². The molecular weight excluding hydrogens is 200 g/mol. The van der Waals surface area contributed by atoms with Gasteiger partial charge in [0.15, 0.2) is 0 Å². The molecule has 0 saturated heterocycles. The number of hydrogen-bond donors (Lipinski definition) is 0. The summed E-state index contributed by atoms with van der Waals surface area (Å²) in [6, 6.07) is 0. The van der Waals surface area contributed by atoms with Gasteiger partial charge in [-0.15, -0.1) is 0 Å². The molecule has 2 nitrogen and oxygen atoms in total. The van der Waals surface area contributed by atoms with Crippen molar-refractivity contribution in [1.82, 2.24) is 0 Å². The van der Waals surface area contributed by atoms with Crippen molar-refractivity contribution in [2.75, 3.05) is 0 Å². The normalized spacial score (nSPS) is 17.3. The molecule has 0 aliphatic heterocycles. The second-order valence-electron chi connectivity index (χ2n) is 4.77. The average Bonchev–Trinajstić information content (AvgIpc) is 2.32. The molecule has 1 aliphatic rings. The van der Waals surface area contributed by atoms with Crippen LogP contribution >= 0.6 is 0 Å². The second kappa shape index (κ2) is 7.70. The van der Waals surface area contributed by atoms with Gasteiger partial charge in [-0.1, -0.05) is 40.0 Å². The van der Waals surface area contributed by atoms with Crippen LogP contribution in [0.5, 0.6) is 0 Å². The molecule has 0 N–H and O–H groups in total. The SMILES string of the molecule is CC.CCC(=O)OC(C)(C)C1CCCCC1. The van der Waals surface area contributed by atoms with E-state index in [0.29, 0.717) is 12.3 Å². The molecule has 96 valence electrons. The first kappa shape index (κ1) is 15.5. The third-order valence-electron chi connectivity index (χ3n) is 3.25. The number of esters is 1. The Labute approximate surface area is 101 Å². The van der Waals surface area contributed by atoms with Crippen molar-refractivity contribution in [3.8, 4) is 0 Å². The summed E-state index contributed by atoms with van der Waals surface area (Å²) >= 11 is 0. The highest BCUT2D eigenvalue weighted by molar-refractivity contribution is 5.69. The summed E-state index contributed by atoms with van der Waals surface area (Å²) in [6.07, 6.45) is 6.83. The molecule has 0 heterocycles. The molecular formula is C14H28O2. The summed E-state index contributed by atoms with van der Waals surface area (Å²) in [5.41, 5.74) is -0.256. The summed E-state index contributed by atoms with van der Waals surface area (Å²) in [7, 11) is 0. The lowest BCUT2D eigenvalue weighted by atomic mass is 9.79. The lowest BCUT2D eigenvalue weighted by Gasteiger charge is -2.36. The Kier molecular flexibility index (Phi) is 7.44. The van der Waals surface area contributed by atoms with Crippen molar-refractivity contribution in [3.63, 3.8) is 0 Å². The first-order chi connectivity index (χ1) is 7.56. The predicted octanol–water partition coefficient (Wildman–Crippen LogP) is 4.32. The van der Waals surface area contributed by atoms with Gasteiger partial charge in [0.2, 0.25) is 0 Å². The number of carbonyl (C=O) groups excluding carboxylic acids is 1. The van der Waals surface area contributed by atoms with Crippen molar-refractivity contribution in [2.45, 2.75) is 78.7 Å². The third kappa shape index (κ3) is 5.00. The Morgan fingerprint density at radius 1 is 1.19 bits per heavy atom. The zero-order valence-electron chi connectivity index (χ0n) is 11.6. The molecule has 16 heavy (non-hydrogen) atoms. The quantitative estimate of drug-likeness (QED) is 0.672. The van der Waals surface area contributed by atoms with Crippen LogP contribution in [-0.2, 0) is 9.53 Å². The molecule has 1 fully saturated rings. The van der Waals surface area contributed by atoms with Crippen LogP contribution in [0, 0.1) is 5.92 Å². The zero-order chi connectivity index (χ0) is 12.6. The molecule has 0 amide bonds. The van der Waals surface area contributed by atoms with E-state index in [1.807, 2.05) is 20.8 Å². The topological polar surface area (TPSA) is 26.3 Å². The Morgan fingerprint density at radius 3 is 2.12 bits per heavy atom. The fraction of sp³-hybridized carbons (Fsp3) is 0.929. The fourth-order valence-corrected chi connectivity index (χ4v) is 2.25. The summed E-state index contributed by atoms with van der Waals surface area (Å²) in [5.74, 6) is 0.493. The monoisotopic (exact) mass is 228 g/mol. The molecule has 0 atom stereocenters. The van der Waals surface area contributed by atoms with Crippen molar-refractivity contribution in [2.24, 2.45) is 5.92 Å². The number of ether oxygens (including phenoxy) is 1. The standard InChI is InChI=1S/C12H22O2.C2H6/c1-4-11(13)14-12(2,3)10-8-6-5-7-9-10;1-2/h10H,4-9H2,1-3H3;1-2H3.